The maximum atomic E-state index is 13.1. The largest absolute Gasteiger partial charge is 0.496 e. The van der Waals surface area contributed by atoms with Gasteiger partial charge in [-0.2, -0.15) is 0 Å². The summed E-state index contributed by atoms with van der Waals surface area (Å²) in [6.45, 7) is 5.30. The van der Waals surface area contributed by atoms with E-state index in [2.05, 4.69) is 5.32 Å². The lowest BCUT2D eigenvalue weighted by Crippen LogP contribution is -2.45. The number of carbonyl (C=O) groups is 3. The second-order valence-corrected chi connectivity index (χ2v) is 13.1. The Kier molecular flexibility index (Phi) is 9.44. The highest BCUT2D eigenvalue weighted by atomic mass is 32.2. The second kappa shape index (κ2) is 12.9. The van der Waals surface area contributed by atoms with Gasteiger partial charge in [0.15, 0.2) is 0 Å². The Morgan fingerprint density at radius 3 is 2.09 bits per heavy atom. The lowest BCUT2D eigenvalue weighted by molar-refractivity contribution is -0.157. The van der Waals surface area contributed by atoms with Gasteiger partial charge in [0.25, 0.3) is 5.91 Å². The molecule has 1 aliphatic carbocycles. The molecular formula is C32H36N2O8S. The van der Waals surface area contributed by atoms with Gasteiger partial charge in [0.1, 0.15) is 24.0 Å². The fourth-order valence-corrected chi connectivity index (χ4v) is 5.46. The number of fused-ring (bicyclic) bond motifs is 3. The first-order chi connectivity index (χ1) is 20.3. The Hall–Kier alpha value is -4.38. The van der Waals surface area contributed by atoms with E-state index >= 15 is 0 Å². The molecule has 2 N–H and O–H groups in total. The number of benzene rings is 3. The van der Waals surface area contributed by atoms with Crippen LogP contribution in [-0.2, 0) is 30.7 Å². The molecule has 43 heavy (non-hydrogen) atoms. The van der Waals surface area contributed by atoms with Crippen LogP contribution >= 0.6 is 0 Å². The number of hydrogen-bond donors (Lipinski definition) is 2. The fourth-order valence-electron chi connectivity index (χ4n) is 5.02. The van der Waals surface area contributed by atoms with Gasteiger partial charge in [0.05, 0.1) is 18.9 Å². The van der Waals surface area contributed by atoms with Crippen molar-refractivity contribution in [2.75, 3.05) is 20.0 Å². The van der Waals surface area contributed by atoms with Crippen molar-refractivity contribution in [3.63, 3.8) is 0 Å². The van der Waals surface area contributed by atoms with Crippen LogP contribution in [0.25, 0.3) is 11.1 Å². The first kappa shape index (κ1) is 31.6. The summed E-state index contributed by atoms with van der Waals surface area (Å²) in [5.74, 6) is -1.41. The summed E-state index contributed by atoms with van der Waals surface area (Å²) in [6, 6.07) is 19.6. The molecule has 0 heterocycles. The number of rotatable bonds is 10. The standard InChI is InChI=1S/C32H36N2O8S/c1-32(2,3)42-30(36)27(17-15-20-14-16-25(28(18-20)40-4)29(35)34-43(5,38)39)33-31(37)41-19-26-23-12-8-6-10-21(23)22-11-7-9-13-24(22)26/h6-14,16,18,26-27H,15,17,19H2,1-5H3,(H,33,37)(H,34,35). The summed E-state index contributed by atoms with van der Waals surface area (Å²) in [5.41, 5.74) is 4.30. The normalized spacial score (nSPS) is 13.3. The van der Waals surface area contributed by atoms with Crippen molar-refractivity contribution in [2.45, 2.75) is 51.2 Å². The van der Waals surface area contributed by atoms with Crippen molar-refractivity contribution >= 4 is 28.0 Å². The van der Waals surface area contributed by atoms with E-state index in [-0.39, 0.29) is 30.3 Å². The number of sulfonamides is 1. The highest BCUT2D eigenvalue weighted by molar-refractivity contribution is 7.89. The molecule has 0 radical (unpaired) electrons. The highest BCUT2D eigenvalue weighted by Crippen LogP contribution is 2.44. The van der Waals surface area contributed by atoms with E-state index in [0.717, 1.165) is 28.5 Å². The number of esters is 1. The Morgan fingerprint density at radius 1 is 0.930 bits per heavy atom. The maximum Gasteiger partial charge on any atom is 0.407 e. The number of alkyl carbamates (subject to hydrolysis) is 1. The molecule has 3 aromatic rings. The summed E-state index contributed by atoms with van der Waals surface area (Å²) in [6.07, 6.45) is 0.601. The van der Waals surface area contributed by atoms with Gasteiger partial charge in [-0.05, 0) is 73.6 Å². The van der Waals surface area contributed by atoms with Crippen LogP contribution in [0, 0.1) is 0 Å². The smallest absolute Gasteiger partial charge is 0.407 e. The van der Waals surface area contributed by atoms with Crippen LogP contribution in [0.3, 0.4) is 0 Å². The van der Waals surface area contributed by atoms with E-state index in [9.17, 15) is 22.8 Å². The molecule has 0 saturated heterocycles. The number of nitrogens with one attached hydrogen (secondary N) is 2. The van der Waals surface area contributed by atoms with E-state index in [1.54, 1.807) is 32.9 Å². The minimum atomic E-state index is -3.76. The van der Waals surface area contributed by atoms with Crippen molar-refractivity contribution < 1.29 is 37.0 Å². The number of aryl methyl sites for hydroxylation is 1. The van der Waals surface area contributed by atoms with Crippen molar-refractivity contribution in [1.82, 2.24) is 10.0 Å². The second-order valence-electron chi connectivity index (χ2n) is 11.3. The number of methoxy groups -OCH3 is 1. The molecule has 0 saturated carbocycles. The average molecular weight is 609 g/mol. The van der Waals surface area contributed by atoms with Gasteiger partial charge in [-0.3, -0.25) is 4.79 Å². The lowest BCUT2D eigenvalue weighted by Gasteiger charge is -2.25. The third kappa shape index (κ3) is 8.13. The highest BCUT2D eigenvalue weighted by Gasteiger charge is 2.31. The van der Waals surface area contributed by atoms with Crippen LogP contribution in [0.15, 0.2) is 66.7 Å². The molecule has 11 heteroatoms. The summed E-state index contributed by atoms with van der Waals surface area (Å²) in [5, 5.41) is 2.67. The molecule has 0 aliphatic heterocycles. The fraction of sp³-hybridized carbons (Fsp3) is 0.344. The van der Waals surface area contributed by atoms with Gasteiger partial charge in [-0.15, -0.1) is 0 Å². The third-order valence-corrected chi connectivity index (χ3v) is 7.39. The van der Waals surface area contributed by atoms with Crippen LogP contribution in [0.2, 0.25) is 0 Å². The first-order valence-electron chi connectivity index (χ1n) is 13.8. The van der Waals surface area contributed by atoms with E-state index < -0.39 is 39.6 Å². The zero-order valence-electron chi connectivity index (χ0n) is 24.8. The molecule has 0 bridgehead atoms. The summed E-state index contributed by atoms with van der Waals surface area (Å²) >= 11 is 0. The number of hydrogen-bond acceptors (Lipinski definition) is 8. The van der Waals surface area contributed by atoms with Crippen LogP contribution in [0.5, 0.6) is 5.75 Å². The Balaban J connectivity index is 1.45. The average Bonchev–Trinajstić information content (AvgIpc) is 3.25. The van der Waals surface area contributed by atoms with Crippen molar-refractivity contribution in [3.05, 3.63) is 89.0 Å². The Morgan fingerprint density at radius 2 is 1.53 bits per heavy atom. The number of ether oxygens (including phenoxy) is 3. The molecule has 2 amide bonds. The molecule has 228 valence electrons. The maximum absolute atomic E-state index is 13.1. The molecule has 0 aromatic heterocycles. The topological polar surface area (TPSA) is 137 Å². The number of amides is 2. The van der Waals surface area contributed by atoms with Gasteiger partial charge in [-0.1, -0.05) is 54.6 Å². The SMILES string of the molecule is COc1cc(CCC(NC(=O)OCC2c3ccccc3-c3ccccc32)C(=O)OC(C)(C)C)ccc1C(=O)NS(C)(=O)=O. The van der Waals surface area contributed by atoms with Crippen LogP contribution in [0.1, 0.15) is 60.2 Å². The summed E-state index contributed by atoms with van der Waals surface area (Å²) in [7, 11) is -2.40. The van der Waals surface area contributed by atoms with Crippen LogP contribution in [0.4, 0.5) is 4.79 Å². The van der Waals surface area contributed by atoms with E-state index in [1.165, 1.54) is 13.2 Å². The molecule has 3 aromatic carbocycles. The molecule has 1 aliphatic rings. The van der Waals surface area contributed by atoms with Gasteiger partial charge in [0, 0.05) is 5.92 Å². The van der Waals surface area contributed by atoms with Crippen LogP contribution in [-0.4, -0.2) is 58.0 Å². The first-order valence-corrected chi connectivity index (χ1v) is 15.7. The van der Waals surface area contributed by atoms with Gasteiger partial charge in [-0.25, -0.2) is 22.7 Å². The molecule has 0 fully saturated rings. The monoisotopic (exact) mass is 608 g/mol. The number of carbonyl (C=O) groups excluding carboxylic acids is 3. The minimum Gasteiger partial charge on any atom is -0.496 e. The van der Waals surface area contributed by atoms with Crippen molar-refractivity contribution in [2.24, 2.45) is 0 Å². The van der Waals surface area contributed by atoms with E-state index in [0.29, 0.717) is 12.0 Å². The molecule has 0 spiro atoms. The molecule has 4 rings (SSSR count). The van der Waals surface area contributed by atoms with Gasteiger partial charge in [0.2, 0.25) is 10.0 Å². The predicted molar refractivity (Wildman–Crippen MR) is 161 cm³/mol. The third-order valence-electron chi connectivity index (χ3n) is 6.84. The molecule has 10 nitrogen and oxygen atoms in total. The lowest BCUT2D eigenvalue weighted by atomic mass is 9.98. The molecule has 1 atom stereocenters. The predicted octanol–water partition coefficient (Wildman–Crippen LogP) is 4.57. The van der Waals surface area contributed by atoms with Gasteiger partial charge < -0.3 is 19.5 Å². The summed E-state index contributed by atoms with van der Waals surface area (Å²) in [4.78, 5) is 38.4. The minimum absolute atomic E-state index is 0.0390. The van der Waals surface area contributed by atoms with Crippen molar-refractivity contribution in [3.8, 4) is 16.9 Å². The molecular weight excluding hydrogens is 572 g/mol. The molecule has 1 unspecified atom stereocenters. The van der Waals surface area contributed by atoms with E-state index in [4.69, 9.17) is 14.2 Å². The quantitative estimate of drug-likeness (QED) is 0.320. The summed E-state index contributed by atoms with van der Waals surface area (Å²) < 4.78 is 41.4. The zero-order valence-corrected chi connectivity index (χ0v) is 25.6. The van der Waals surface area contributed by atoms with Crippen LogP contribution < -0.4 is 14.8 Å². The zero-order chi connectivity index (χ0) is 31.4. The van der Waals surface area contributed by atoms with Crippen molar-refractivity contribution in [1.29, 1.82) is 0 Å². The van der Waals surface area contributed by atoms with Gasteiger partial charge >= 0.3 is 12.1 Å². The Labute approximate surface area is 251 Å². The Bertz CT molecular complexity index is 1580. The van der Waals surface area contributed by atoms with E-state index in [1.807, 2.05) is 53.3 Å².